The van der Waals surface area contributed by atoms with Gasteiger partial charge in [0.1, 0.15) is 16.5 Å². The summed E-state index contributed by atoms with van der Waals surface area (Å²) in [5.41, 5.74) is -5.71. The Morgan fingerprint density at radius 3 is 2.06 bits per heavy atom. The molecular formula is C19H21BrF6O4S. The standard InChI is InChI=1S/C19H21BrF6O4S/c1-2-3-10-30-17(18(21,22)23,19(24,25)26)13-6-4-12(5-7-13)16(31(28)29)9-8-15(27)14(20)11-16/h4-7,14,31H,2-3,8-11H2,1H3. The Morgan fingerprint density at radius 2 is 1.65 bits per heavy atom. The summed E-state index contributed by atoms with van der Waals surface area (Å²) in [6.45, 7) is 0.831. The van der Waals surface area contributed by atoms with Crippen LogP contribution in [0.25, 0.3) is 0 Å². The monoisotopic (exact) mass is 538 g/mol. The molecule has 1 aliphatic rings. The highest BCUT2D eigenvalue weighted by Gasteiger charge is 2.73. The largest absolute Gasteiger partial charge is 0.430 e. The molecule has 0 amide bonds. The van der Waals surface area contributed by atoms with E-state index in [1.807, 2.05) is 0 Å². The third-order valence-electron chi connectivity index (χ3n) is 5.44. The summed E-state index contributed by atoms with van der Waals surface area (Å²) < 4.78 is 109. The number of ether oxygens (including phenoxy) is 1. The highest BCUT2D eigenvalue weighted by Crippen LogP contribution is 2.53. The average Bonchev–Trinajstić information content (AvgIpc) is 2.65. The molecule has 0 aromatic heterocycles. The molecule has 2 unspecified atom stereocenters. The highest BCUT2D eigenvalue weighted by molar-refractivity contribution is 9.10. The van der Waals surface area contributed by atoms with Crippen molar-refractivity contribution in [2.75, 3.05) is 6.61 Å². The maximum atomic E-state index is 13.8. The second-order valence-electron chi connectivity index (χ2n) is 7.38. The van der Waals surface area contributed by atoms with Crippen molar-refractivity contribution in [3.05, 3.63) is 35.4 Å². The molecule has 176 valence electrons. The second kappa shape index (κ2) is 9.38. The fourth-order valence-corrected chi connectivity index (χ4v) is 5.67. The lowest BCUT2D eigenvalue weighted by Crippen LogP contribution is -2.56. The molecule has 2 atom stereocenters. The van der Waals surface area contributed by atoms with Crippen LogP contribution in [0.2, 0.25) is 0 Å². The molecule has 0 heterocycles. The van der Waals surface area contributed by atoms with Gasteiger partial charge in [-0.25, -0.2) is 8.42 Å². The summed E-state index contributed by atoms with van der Waals surface area (Å²) in [7, 11) is -3.18. The molecule has 0 radical (unpaired) electrons. The van der Waals surface area contributed by atoms with Crippen molar-refractivity contribution in [1.82, 2.24) is 0 Å². The topological polar surface area (TPSA) is 60.4 Å². The van der Waals surface area contributed by atoms with Crippen LogP contribution in [0.4, 0.5) is 26.3 Å². The van der Waals surface area contributed by atoms with Gasteiger partial charge in [-0.3, -0.25) is 4.79 Å². The van der Waals surface area contributed by atoms with E-state index in [1.54, 1.807) is 6.92 Å². The molecule has 0 saturated heterocycles. The lowest BCUT2D eigenvalue weighted by atomic mass is 9.81. The molecular weight excluding hydrogens is 518 g/mol. The summed E-state index contributed by atoms with van der Waals surface area (Å²) in [6.07, 6.45) is -11.7. The van der Waals surface area contributed by atoms with Gasteiger partial charge in [0.15, 0.2) is 0 Å². The van der Waals surface area contributed by atoms with E-state index in [0.29, 0.717) is 18.6 Å². The van der Waals surface area contributed by atoms with Gasteiger partial charge in [-0.2, -0.15) is 26.3 Å². The van der Waals surface area contributed by atoms with Gasteiger partial charge < -0.3 is 4.74 Å². The van der Waals surface area contributed by atoms with Crippen LogP contribution < -0.4 is 0 Å². The summed E-state index contributed by atoms with van der Waals surface area (Å²) in [6, 6.07) is 3.07. The van der Waals surface area contributed by atoms with Gasteiger partial charge in [0.2, 0.25) is 0 Å². The van der Waals surface area contributed by atoms with Crippen LogP contribution in [0.3, 0.4) is 0 Å². The van der Waals surface area contributed by atoms with E-state index in [-0.39, 0.29) is 37.0 Å². The average molecular weight is 539 g/mol. The summed E-state index contributed by atoms with van der Waals surface area (Å²) >= 11 is 3.09. The molecule has 4 nitrogen and oxygen atoms in total. The first-order valence-electron chi connectivity index (χ1n) is 9.42. The van der Waals surface area contributed by atoms with Crippen molar-refractivity contribution in [2.24, 2.45) is 0 Å². The highest BCUT2D eigenvalue weighted by atomic mass is 79.9. The number of unbranched alkanes of at least 4 members (excludes halogenated alkanes) is 1. The second-order valence-corrected chi connectivity index (χ2v) is 9.86. The molecule has 0 bridgehead atoms. The Balaban J connectivity index is 2.58. The number of halogens is 7. The Bertz CT molecular complexity index is 844. The number of hydrogen-bond donors (Lipinski definition) is 1. The Hall–Kier alpha value is -1.14. The van der Waals surface area contributed by atoms with Gasteiger partial charge in [0.25, 0.3) is 5.60 Å². The maximum Gasteiger partial charge on any atom is 0.430 e. The zero-order chi connectivity index (χ0) is 23.7. The molecule has 1 fully saturated rings. The van der Waals surface area contributed by atoms with Crippen LogP contribution in [0.15, 0.2) is 24.3 Å². The lowest BCUT2D eigenvalue weighted by Gasteiger charge is -2.38. The molecule has 1 aliphatic carbocycles. The third-order valence-corrected chi connectivity index (χ3v) is 7.64. The quantitative estimate of drug-likeness (QED) is 0.226. The van der Waals surface area contributed by atoms with Gasteiger partial charge in [0, 0.05) is 18.6 Å². The number of benzene rings is 1. The van der Waals surface area contributed by atoms with E-state index in [4.69, 9.17) is 0 Å². The number of carbonyl (C=O) groups excluding carboxylic acids is 1. The Kier molecular flexibility index (Phi) is 7.90. The first kappa shape index (κ1) is 26.1. The molecule has 1 aromatic rings. The van der Waals surface area contributed by atoms with E-state index in [0.717, 1.165) is 12.1 Å². The molecule has 12 heteroatoms. The summed E-state index contributed by atoms with van der Waals surface area (Å²) in [4.78, 5) is 11.0. The number of alkyl halides is 7. The van der Waals surface area contributed by atoms with Crippen LogP contribution in [0.1, 0.15) is 50.2 Å². The van der Waals surface area contributed by atoms with Crippen molar-refractivity contribution in [2.45, 2.75) is 66.6 Å². The van der Waals surface area contributed by atoms with Crippen molar-refractivity contribution in [3.8, 4) is 0 Å². The number of rotatable bonds is 7. The van der Waals surface area contributed by atoms with E-state index in [9.17, 15) is 39.6 Å². The minimum absolute atomic E-state index is 0.00751. The first-order chi connectivity index (χ1) is 14.2. The van der Waals surface area contributed by atoms with Gasteiger partial charge >= 0.3 is 12.4 Å². The summed E-state index contributed by atoms with van der Waals surface area (Å²) in [5.74, 6) is -0.221. The maximum absolute atomic E-state index is 13.8. The molecule has 0 N–H and O–H groups in total. The number of ketones is 1. The smallest absolute Gasteiger partial charge is 0.354 e. The Morgan fingerprint density at radius 1 is 1.10 bits per heavy atom. The fraction of sp³-hybridized carbons (Fsp3) is 0.632. The number of thiol groups is 1. The van der Waals surface area contributed by atoms with E-state index >= 15 is 0 Å². The number of hydrogen-bond acceptors (Lipinski definition) is 4. The van der Waals surface area contributed by atoms with E-state index in [1.165, 1.54) is 0 Å². The van der Waals surface area contributed by atoms with Gasteiger partial charge in [0.05, 0.1) is 9.57 Å². The predicted octanol–water partition coefficient (Wildman–Crippen LogP) is 5.15. The molecule has 0 spiro atoms. The molecule has 1 saturated carbocycles. The number of Topliss-reactive ketones (excluding diaryl/α,β-unsaturated/α-hetero) is 1. The van der Waals surface area contributed by atoms with Crippen LogP contribution in [0.5, 0.6) is 0 Å². The van der Waals surface area contributed by atoms with Crippen LogP contribution in [-0.4, -0.2) is 38.0 Å². The SMILES string of the molecule is CCCCOC(c1ccc(C2([SH](=O)=O)CCC(=O)C(Br)C2)cc1)(C(F)(F)F)C(F)(F)F. The molecule has 0 aliphatic heterocycles. The predicted molar refractivity (Wildman–Crippen MR) is 105 cm³/mol. The lowest BCUT2D eigenvalue weighted by molar-refractivity contribution is -0.389. The normalized spacial score (nSPS) is 23.4. The van der Waals surface area contributed by atoms with Gasteiger partial charge in [-0.15, -0.1) is 0 Å². The molecule has 2 rings (SSSR count). The first-order valence-corrected chi connectivity index (χ1v) is 11.5. The van der Waals surface area contributed by atoms with E-state index in [2.05, 4.69) is 20.7 Å². The molecule has 1 aromatic carbocycles. The van der Waals surface area contributed by atoms with Gasteiger partial charge in [-0.05, 0) is 24.8 Å². The summed E-state index contributed by atoms with van der Waals surface area (Å²) in [5, 5.41) is 0. The molecule has 31 heavy (non-hydrogen) atoms. The van der Waals surface area contributed by atoms with Crippen molar-refractivity contribution >= 4 is 32.4 Å². The minimum Gasteiger partial charge on any atom is -0.354 e. The van der Waals surface area contributed by atoms with Crippen molar-refractivity contribution in [1.29, 1.82) is 0 Å². The van der Waals surface area contributed by atoms with Crippen molar-refractivity contribution < 1.29 is 44.3 Å². The van der Waals surface area contributed by atoms with Crippen molar-refractivity contribution in [3.63, 3.8) is 0 Å². The van der Waals surface area contributed by atoms with Gasteiger partial charge in [-0.1, -0.05) is 53.5 Å². The van der Waals surface area contributed by atoms with Crippen LogP contribution >= 0.6 is 15.9 Å². The zero-order valence-electron chi connectivity index (χ0n) is 16.4. The van der Waals surface area contributed by atoms with Crippen LogP contribution in [0, 0.1) is 0 Å². The minimum atomic E-state index is -5.81. The van der Waals surface area contributed by atoms with E-state index < -0.39 is 50.4 Å². The van der Waals surface area contributed by atoms with Crippen LogP contribution in [-0.2, 0) is 30.6 Å². The number of carbonyl (C=O) groups is 1. The third kappa shape index (κ3) is 4.80. The zero-order valence-corrected chi connectivity index (χ0v) is 18.8. The Labute approximate surface area is 185 Å². The fourth-order valence-electron chi connectivity index (χ4n) is 3.65.